The number of methoxy groups -OCH3 is 1. The number of H-pyrrole nitrogens is 1. The van der Waals surface area contributed by atoms with Gasteiger partial charge >= 0.3 is 0 Å². The van der Waals surface area contributed by atoms with Crippen LogP contribution in [0.3, 0.4) is 0 Å². The van der Waals surface area contributed by atoms with E-state index >= 15 is 0 Å². The van der Waals surface area contributed by atoms with E-state index in [4.69, 9.17) is 4.74 Å². The van der Waals surface area contributed by atoms with Gasteiger partial charge in [0, 0.05) is 17.3 Å². The maximum absolute atomic E-state index is 5.12. The number of aromatic nitrogens is 2. The fourth-order valence-electron chi connectivity index (χ4n) is 1.31. The van der Waals surface area contributed by atoms with Crippen LogP contribution in [0, 0.1) is 6.92 Å². The predicted octanol–water partition coefficient (Wildman–Crippen LogP) is 1.88. The zero-order chi connectivity index (χ0) is 8.55. The summed E-state index contributed by atoms with van der Waals surface area (Å²) in [6.45, 7) is 1.95. The number of nitrogens with one attached hydrogen (secondary N) is 1. The molecule has 0 fully saturated rings. The SMILES string of the molecule is COc1nc(C)cc2cc[nH]c12. The second-order valence-corrected chi connectivity index (χ2v) is 2.71. The van der Waals surface area contributed by atoms with Crippen LogP contribution >= 0.6 is 0 Å². The van der Waals surface area contributed by atoms with Crippen LogP contribution in [0.5, 0.6) is 5.88 Å². The van der Waals surface area contributed by atoms with E-state index in [1.165, 1.54) is 0 Å². The molecule has 0 aromatic carbocycles. The van der Waals surface area contributed by atoms with Crippen LogP contribution in [0.2, 0.25) is 0 Å². The molecular weight excluding hydrogens is 152 g/mol. The summed E-state index contributed by atoms with van der Waals surface area (Å²) in [7, 11) is 1.63. The minimum Gasteiger partial charge on any atom is -0.479 e. The molecule has 0 atom stereocenters. The van der Waals surface area contributed by atoms with Gasteiger partial charge in [-0.15, -0.1) is 0 Å². The molecule has 0 aliphatic rings. The molecule has 2 heterocycles. The summed E-state index contributed by atoms with van der Waals surface area (Å²) in [6, 6.07) is 4.03. The number of aromatic amines is 1. The van der Waals surface area contributed by atoms with E-state index in [0.29, 0.717) is 5.88 Å². The van der Waals surface area contributed by atoms with Crippen molar-refractivity contribution in [1.82, 2.24) is 9.97 Å². The highest BCUT2D eigenvalue weighted by molar-refractivity contribution is 5.83. The molecule has 12 heavy (non-hydrogen) atoms. The average Bonchev–Trinajstić information content (AvgIpc) is 2.50. The molecule has 0 unspecified atom stereocenters. The van der Waals surface area contributed by atoms with E-state index in [2.05, 4.69) is 9.97 Å². The van der Waals surface area contributed by atoms with Crippen LogP contribution in [-0.4, -0.2) is 17.1 Å². The molecule has 0 saturated heterocycles. The van der Waals surface area contributed by atoms with Crippen molar-refractivity contribution in [3.05, 3.63) is 24.0 Å². The lowest BCUT2D eigenvalue weighted by Gasteiger charge is -2.01. The Morgan fingerprint density at radius 1 is 1.50 bits per heavy atom. The first-order valence-electron chi connectivity index (χ1n) is 3.80. The lowest BCUT2D eigenvalue weighted by molar-refractivity contribution is 0.401. The lowest BCUT2D eigenvalue weighted by Crippen LogP contribution is -1.90. The third-order valence-electron chi connectivity index (χ3n) is 1.83. The zero-order valence-corrected chi connectivity index (χ0v) is 7.09. The number of hydrogen-bond acceptors (Lipinski definition) is 2. The average molecular weight is 162 g/mol. The number of ether oxygens (including phenoxy) is 1. The van der Waals surface area contributed by atoms with Gasteiger partial charge in [-0.05, 0) is 19.1 Å². The fraction of sp³-hybridized carbons (Fsp3) is 0.222. The molecule has 2 rings (SSSR count). The monoisotopic (exact) mass is 162 g/mol. The maximum atomic E-state index is 5.12. The lowest BCUT2D eigenvalue weighted by atomic mass is 10.3. The first-order chi connectivity index (χ1) is 5.81. The van der Waals surface area contributed by atoms with Crippen LogP contribution in [0.4, 0.5) is 0 Å². The van der Waals surface area contributed by atoms with Gasteiger partial charge < -0.3 is 9.72 Å². The first kappa shape index (κ1) is 7.16. The Kier molecular flexibility index (Phi) is 1.50. The van der Waals surface area contributed by atoms with Crippen molar-refractivity contribution in [3.63, 3.8) is 0 Å². The molecule has 3 nitrogen and oxygen atoms in total. The number of pyridine rings is 1. The Morgan fingerprint density at radius 3 is 3.08 bits per heavy atom. The summed E-state index contributed by atoms with van der Waals surface area (Å²) in [5.74, 6) is 0.662. The highest BCUT2D eigenvalue weighted by atomic mass is 16.5. The Bertz CT molecular complexity index is 406. The van der Waals surface area contributed by atoms with E-state index in [1.807, 2.05) is 25.3 Å². The van der Waals surface area contributed by atoms with E-state index in [1.54, 1.807) is 7.11 Å². The number of nitrogens with zero attached hydrogens (tertiary/aromatic N) is 1. The largest absolute Gasteiger partial charge is 0.479 e. The molecule has 0 bridgehead atoms. The topological polar surface area (TPSA) is 37.9 Å². The number of rotatable bonds is 1. The Balaban J connectivity index is 2.80. The third-order valence-corrected chi connectivity index (χ3v) is 1.83. The Hall–Kier alpha value is -1.51. The van der Waals surface area contributed by atoms with Gasteiger partial charge in [0.2, 0.25) is 5.88 Å². The van der Waals surface area contributed by atoms with Gasteiger partial charge in [0.1, 0.15) is 5.52 Å². The first-order valence-corrected chi connectivity index (χ1v) is 3.80. The predicted molar refractivity (Wildman–Crippen MR) is 47.4 cm³/mol. The molecule has 0 spiro atoms. The quantitative estimate of drug-likeness (QED) is 0.695. The summed E-state index contributed by atoms with van der Waals surface area (Å²) >= 11 is 0. The van der Waals surface area contributed by atoms with Gasteiger partial charge in [-0.2, -0.15) is 0 Å². The van der Waals surface area contributed by atoms with Crippen LogP contribution in [0.1, 0.15) is 5.69 Å². The maximum Gasteiger partial charge on any atom is 0.238 e. The number of hydrogen-bond donors (Lipinski definition) is 1. The van der Waals surface area contributed by atoms with Crippen molar-refractivity contribution < 1.29 is 4.74 Å². The molecule has 0 radical (unpaired) electrons. The summed E-state index contributed by atoms with van der Waals surface area (Å²) in [6.07, 6.45) is 1.88. The van der Waals surface area contributed by atoms with Gasteiger partial charge in [0.15, 0.2) is 0 Å². The molecule has 1 N–H and O–H groups in total. The van der Waals surface area contributed by atoms with Crippen molar-refractivity contribution >= 4 is 10.9 Å². The molecule has 62 valence electrons. The van der Waals surface area contributed by atoms with Crippen LogP contribution in [0.15, 0.2) is 18.3 Å². The second kappa shape index (κ2) is 2.52. The van der Waals surface area contributed by atoms with Gasteiger partial charge in [0.25, 0.3) is 0 Å². The Labute approximate surface area is 70.4 Å². The van der Waals surface area contributed by atoms with Gasteiger partial charge in [-0.3, -0.25) is 0 Å². The molecule has 2 aromatic rings. The minimum atomic E-state index is 0.662. The van der Waals surface area contributed by atoms with E-state index in [-0.39, 0.29) is 0 Å². The van der Waals surface area contributed by atoms with Gasteiger partial charge in [-0.25, -0.2) is 4.98 Å². The van der Waals surface area contributed by atoms with Crippen molar-refractivity contribution in [3.8, 4) is 5.88 Å². The summed E-state index contributed by atoms with van der Waals surface area (Å²) in [5.41, 5.74) is 1.93. The third kappa shape index (κ3) is 0.942. The van der Waals surface area contributed by atoms with Crippen LogP contribution in [0.25, 0.3) is 10.9 Å². The minimum absolute atomic E-state index is 0.662. The van der Waals surface area contributed by atoms with Crippen molar-refractivity contribution in [2.75, 3.05) is 7.11 Å². The smallest absolute Gasteiger partial charge is 0.238 e. The molecular formula is C9H10N2O. The van der Waals surface area contributed by atoms with Gasteiger partial charge in [-0.1, -0.05) is 0 Å². The molecule has 2 aromatic heterocycles. The molecule has 0 aliphatic heterocycles. The molecule has 0 aliphatic carbocycles. The molecule has 0 amide bonds. The van der Waals surface area contributed by atoms with Crippen molar-refractivity contribution in [1.29, 1.82) is 0 Å². The fourth-order valence-corrected chi connectivity index (χ4v) is 1.31. The summed E-state index contributed by atoms with van der Waals surface area (Å²) < 4.78 is 5.12. The van der Waals surface area contributed by atoms with E-state index in [9.17, 15) is 0 Å². The van der Waals surface area contributed by atoms with Crippen LogP contribution in [-0.2, 0) is 0 Å². The van der Waals surface area contributed by atoms with E-state index in [0.717, 1.165) is 16.6 Å². The normalized spacial score (nSPS) is 10.5. The highest BCUT2D eigenvalue weighted by Crippen LogP contribution is 2.21. The highest BCUT2D eigenvalue weighted by Gasteiger charge is 2.03. The summed E-state index contributed by atoms with van der Waals surface area (Å²) in [5, 5.41) is 1.14. The summed E-state index contributed by atoms with van der Waals surface area (Å²) in [4.78, 5) is 7.32. The molecule has 0 saturated carbocycles. The number of aryl methyl sites for hydroxylation is 1. The van der Waals surface area contributed by atoms with Crippen molar-refractivity contribution in [2.45, 2.75) is 6.92 Å². The number of fused-ring (bicyclic) bond motifs is 1. The standard InChI is InChI=1S/C9H10N2O/c1-6-5-7-3-4-10-8(7)9(11-6)12-2/h3-5,10H,1-2H3. The van der Waals surface area contributed by atoms with Crippen LogP contribution < -0.4 is 4.74 Å². The zero-order valence-electron chi connectivity index (χ0n) is 7.09. The second-order valence-electron chi connectivity index (χ2n) is 2.71. The van der Waals surface area contributed by atoms with Gasteiger partial charge in [0.05, 0.1) is 7.11 Å². The van der Waals surface area contributed by atoms with E-state index < -0.39 is 0 Å². The van der Waals surface area contributed by atoms with Crippen molar-refractivity contribution in [2.24, 2.45) is 0 Å². The Morgan fingerprint density at radius 2 is 2.33 bits per heavy atom. The molecule has 3 heteroatoms.